The molecule has 0 aliphatic carbocycles. The van der Waals surface area contributed by atoms with Crippen LogP contribution in [0.3, 0.4) is 0 Å². The van der Waals surface area contributed by atoms with Crippen molar-refractivity contribution in [2.45, 2.75) is 33.1 Å². The van der Waals surface area contributed by atoms with Crippen LogP contribution in [0.2, 0.25) is 0 Å². The first-order valence-corrected chi connectivity index (χ1v) is 9.90. The maximum Gasteiger partial charge on any atom is 0.417 e. The van der Waals surface area contributed by atoms with Crippen LogP contribution >= 0.6 is 0 Å². The van der Waals surface area contributed by atoms with Crippen molar-refractivity contribution in [2.24, 2.45) is 11.1 Å². The van der Waals surface area contributed by atoms with Gasteiger partial charge >= 0.3 is 12.8 Å². The minimum atomic E-state index is -5.02. The number of ether oxygens (including phenoxy) is 1. The van der Waals surface area contributed by atoms with Crippen molar-refractivity contribution < 1.29 is 35.9 Å². The molecule has 186 valence electrons. The molecule has 2 aromatic heterocycles. The van der Waals surface area contributed by atoms with Gasteiger partial charge in [0.15, 0.2) is 0 Å². The molecule has 0 spiro atoms. The molecule has 0 bridgehead atoms. The number of aromatic nitrogens is 3. The van der Waals surface area contributed by atoms with Crippen LogP contribution in [0.25, 0.3) is 22.6 Å². The standard InChI is InChI=1S/C22H18F6N4O3/c1-21(2,19(29)34)8-10-3-5-12(22(26,27)28)16(17(10)23)18-31-13(7-14(33)32-18)11-4-6-15(30-9-11)35-20(24)25/h3-7,9,20H,8H2,1-2H3,(H2,29,34)(H,31,32,33). The number of amides is 1. The molecule has 13 heteroatoms. The zero-order valence-corrected chi connectivity index (χ0v) is 18.2. The molecule has 1 aromatic carbocycles. The second-order valence-corrected chi connectivity index (χ2v) is 8.13. The van der Waals surface area contributed by atoms with Crippen molar-refractivity contribution in [1.29, 1.82) is 0 Å². The molecule has 0 fully saturated rings. The predicted molar refractivity (Wildman–Crippen MR) is 112 cm³/mol. The van der Waals surface area contributed by atoms with Gasteiger partial charge in [-0.05, 0) is 24.1 Å². The van der Waals surface area contributed by atoms with Gasteiger partial charge in [0.2, 0.25) is 11.8 Å². The van der Waals surface area contributed by atoms with E-state index in [0.29, 0.717) is 6.07 Å². The lowest BCUT2D eigenvalue weighted by atomic mass is 9.84. The van der Waals surface area contributed by atoms with E-state index in [-0.39, 0.29) is 23.2 Å². The number of carbonyl (C=O) groups excluding carboxylic acids is 1. The summed E-state index contributed by atoms with van der Waals surface area (Å²) in [6, 6.07) is 4.66. The number of nitrogens with two attached hydrogens (primary N) is 1. The summed E-state index contributed by atoms with van der Waals surface area (Å²) in [6.07, 6.45) is -4.33. The van der Waals surface area contributed by atoms with E-state index >= 15 is 4.39 Å². The number of hydrogen-bond acceptors (Lipinski definition) is 5. The van der Waals surface area contributed by atoms with Gasteiger partial charge in [-0.15, -0.1) is 0 Å². The van der Waals surface area contributed by atoms with Gasteiger partial charge in [-0.3, -0.25) is 9.59 Å². The third-order valence-electron chi connectivity index (χ3n) is 5.05. The van der Waals surface area contributed by atoms with Crippen LogP contribution < -0.4 is 16.0 Å². The summed E-state index contributed by atoms with van der Waals surface area (Å²) in [5, 5.41) is 0. The first kappa shape index (κ1) is 25.7. The number of primary amides is 1. The highest BCUT2D eigenvalue weighted by Gasteiger charge is 2.37. The number of pyridine rings is 1. The highest BCUT2D eigenvalue weighted by atomic mass is 19.4. The fourth-order valence-electron chi connectivity index (χ4n) is 3.20. The predicted octanol–water partition coefficient (Wildman–Crippen LogP) is 4.31. The molecule has 2 heterocycles. The smallest absolute Gasteiger partial charge is 0.417 e. The third-order valence-corrected chi connectivity index (χ3v) is 5.05. The summed E-state index contributed by atoms with van der Waals surface area (Å²) in [6.45, 7) is -0.323. The molecule has 3 rings (SSSR count). The van der Waals surface area contributed by atoms with Gasteiger partial charge in [-0.1, -0.05) is 19.9 Å². The molecule has 3 N–H and O–H groups in total. The number of halogens is 6. The van der Waals surface area contributed by atoms with E-state index in [1.165, 1.54) is 19.9 Å². The van der Waals surface area contributed by atoms with Crippen molar-refractivity contribution in [3.05, 3.63) is 63.8 Å². The molecule has 7 nitrogen and oxygen atoms in total. The summed E-state index contributed by atoms with van der Waals surface area (Å²) in [5.41, 5.74) is 0.292. The van der Waals surface area contributed by atoms with Gasteiger partial charge in [0.25, 0.3) is 5.56 Å². The molecule has 0 saturated heterocycles. The number of carbonyl (C=O) groups is 1. The van der Waals surface area contributed by atoms with Gasteiger partial charge in [-0.2, -0.15) is 22.0 Å². The van der Waals surface area contributed by atoms with Gasteiger partial charge < -0.3 is 15.5 Å². The molecular formula is C22H18F6N4O3. The normalized spacial score (nSPS) is 12.1. The second kappa shape index (κ2) is 9.39. The molecule has 1 amide bonds. The second-order valence-electron chi connectivity index (χ2n) is 8.13. The van der Waals surface area contributed by atoms with Crippen LogP contribution in [0.1, 0.15) is 25.0 Å². The summed E-state index contributed by atoms with van der Waals surface area (Å²) in [7, 11) is 0. The van der Waals surface area contributed by atoms with E-state index in [9.17, 15) is 31.5 Å². The van der Waals surface area contributed by atoms with Crippen molar-refractivity contribution in [3.63, 3.8) is 0 Å². The van der Waals surface area contributed by atoms with E-state index in [0.717, 1.165) is 24.4 Å². The highest BCUT2D eigenvalue weighted by molar-refractivity contribution is 5.80. The van der Waals surface area contributed by atoms with Gasteiger partial charge in [-0.25, -0.2) is 14.4 Å². The van der Waals surface area contributed by atoms with E-state index in [4.69, 9.17) is 5.73 Å². The first-order chi connectivity index (χ1) is 16.2. The Balaban J connectivity index is 2.18. The molecule has 0 radical (unpaired) electrons. The number of nitrogens with one attached hydrogen (secondary N) is 1. The minimum absolute atomic E-state index is 0.0685. The van der Waals surface area contributed by atoms with Crippen LogP contribution in [0.5, 0.6) is 5.88 Å². The van der Waals surface area contributed by atoms with Gasteiger partial charge in [0, 0.05) is 29.3 Å². The fraction of sp³-hybridized carbons (Fsp3) is 0.273. The molecule has 0 unspecified atom stereocenters. The number of nitrogens with zero attached hydrogens (tertiary/aromatic N) is 2. The van der Waals surface area contributed by atoms with Crippen LogP contribution in [-0.2, 0) is 17.4 Å². The molecule has 3 aromatic rings. The lowest BCUT2D eigenvalue weighted by Crippen LogP contribution is -2.33. The number of alkyl halides is 5. The van der Waals surface area contributed by atoms with E-state index in [1.807, 2.05) is 0 Å². The third kappa shape index (κ3) is 5.78. The number of benzene rings is 1. The Kier molecular flexibility index (Phi) is 6.90. The van der Waals surface area contributed by atoms with Crippen LogP contribution in [0.15, 0.2) is 41.3 Å². The topological polar surface area (TPSA) is 111 Å². The summed E-state index contributed by atoms with van der Waals surface area (Å²) in [4.78, 5) is 33.6. The monoisotopic (exact) mass is 500 g/mol. The summed E-state index contributed by atoms with van der Waals surface area (Å²) in [5.74, 6) is -3.31. The zero-order chi connectivity index (χ0) is 26.1. The van der Waals surface area contributed by atoms with Crippen LogP contribution in [0, 0.1) is 11.2 Å². The van der Waals surface area contributed by atoms with Gasteiger partial charge in [0.05, 0.1) is 16.8 Å². The van der Waals surface area contributed by atoms with Gasteiger partial charge in [0.1, 0.15) is 11.6 Å². The van der Waals surface area contributed by atoms with E-state index in [1.54, 1.807) is 0 Å². The average molecular weight is 500 g/mol. The van der Waals surface area contributed by atoms with Crippen LogP contribution in [0.4, 0.5) is 26.3 Å². The first-order valence-electron chi connectivity index (χ1n) is 9.90. The minimum Gasteiger partial charge on any atom is -0.417 e. The lowest BCUT2D eigenvalue weighted by molar-refractivity contribution is -0.137. The zero-order valence-electron chi connectivity index (χ0n) is 18.2. The Morgan fingerprint density at radius 2 is 1.86 bits per heavy atom. The fourth-order valence-corrected chi connectivity index (χ4v) is 3.20. The molecular weight excluding hydrogens is 482 g/mol. The number of rotatable bonds is 7. The number of aromatic amines is 1. The summed E-state index contributed by atoms with van der Waals surface area (Å²) < 4.78 is 85.4. The number of H-pyrrole nitrogens is 1. The van der Waals surface area contributed by atoms with Crippen molar-refractivity contribution >= 4 is 5.91 Å². The Bertz CT molecular complexity index is 1300. The summed E-state index contributed by atoms with van der Waals surface area (Å²) >= 11 is 0. The Labute approximate surface area is 194 Å². The quantitative estimate of drug-likeness (QED) is 0.470. The van der Waals surface area contributed by atoms with E-state index in [2.05, 4.69) is 19.7 Å². The average Bonchev–Trinajstić information content (AvgIpc) is 2.73. The Morgan fingerprint density at radius 3 is 2.40 bits per heavy atom. The maximum atomic E-state index is 15.5. The molecule has 0 atom stereocenters. The van der Waals surface area contributed by atoms with Crippen molar-refractivity contribution in [3.8, 4) is 28.5 Å². The molecule has 0 aliphatic rings. The Hall–Kier alpha value is -3.90. The number of hydrogen-bond donors (Lipinski definition) is 2. The van der Waals surface area contributed by atoms with Crippen molar-refractivity contribution in [1.82, 2.24) is 15.0 Å². The Morgan fingerprint density at radius 1 is 1.17 bits per heavy atom. The lowest BCUT2D eigenvalue weighted by Gasteiger charge is -2.22. The maximum absolute atomic E-state index is 15.5. The largest absolute Gasteiger partial charge is 0.417 e. The SMILES string of the molecule is CC(C)(Cc1ccc(C(F)(F)F)c(-c2nc(-c3ccc(OC(F)F)nc3)cc(=O)[nH]2)c1F)C(N)=O. The van der Waals surface area contributed by atoms with Crippen molar-refractivity contribution in [2.75, 3.05) is 0 Å². The molecule has 0 saturated carbocycles. The highest BCUT2D eigenvalue weighted by Crippen LogP contribution is 2.39. The van der Waals surface area contributed by atoms with Crippen LogP contribution in [-0.4, -0.2) is 27.5 Å². The molecule has 0 aliphatic heterocycles. The molecule has 35 heavy (non-hydrogen) atoms. The van der Waals surface area contributed by atoms with E-state index < -0.39 is 58.3 Å².